The highest BCUT2D eigenvalue weighted by molar-refractivity contribution is 5.96. The molecule has 1 aromatic carbocycles. The first-order valence-corrected chi connectivity index (χ1v) is 7.40. The molecular formula is C16H22N2O3. The molecule has 0 unspecified atom stereocenters. The third kappa shape index (κ3) is 4.04. The van der Waals surface area contributed by atoms with Crippen LogP contribution in [0.15, 0.2) is 30.3 Å². The van der Waals surface area contributed by atoms with Crippen LogP contribution in [0.4, 0.5) is 0 Å². The third-order valence-electron chi connectivity index (χ3n) is 3.86. The molecule has 2 atom stereocenters. The maximum atomic E-state index is 12.2. The molecule has 1 fully saturated rings. The highest BCUT2D eigenvalue weighted by Gasteiger charge is 2.29. The number of carbonyl (C=O) groups is 2. The van der Waals surface area contributed by atoms with Gasteiger partial charge in [-0.1, -0.05) is 18.2 Å². The molecule has 1 aliphatic rings. The summed E-state index contributed by atoms with van der Waals surface area (Å²) in [5.74, 6) is -0.389. The number of rotatable bonds is 4. The van der Waals surface area contributed by atoms with E-state index in [0.717, 1.165) is 19.3 Å². The number of carbonyl (C=O) groups excluding carboxylic acids is 2. The van der Waals surface area contributed by atoms with E-state index in [2.05, 4.69) is 5.32 Å². The lowest BCUT2D eigenvalue weighted by atomic mass is 9.98. The van der Waals surface area contributed by atoms with Crippen LogP contribution in [0.1, 0.15) is 36.5 Å². The summed E-state index contributed by atoms with van der Waals surface area (Å²) in [6, 6.07) is 8.68. The van der Waals surface area contributed by atoms with E-state index in [4.69, 9.17) is 0 Å². The summed E-state index contributed by atoms with van der Waals surface area (Å²) in [5.41, 5.74) is 0.538. The van der Waals surface area contributed by atoms with Crippen molar-refractivity contribution in [1.82, 2.24) is 10.2 Å². The number of likely N-dealkylation sites (tertiary alicyclic amines) is 1. The van der Waals surface area contributed by atoms with Gasteiger partial charge < -0.3 is 15.3 Å². The number of nitrogens with zero attached hydrogens (tertiary/aromatic N) is 1. The van der Waals surface area contributed by atoms with Crippen LogP contribution in [0.2, 0.25) is 0 Å². The molecule has 2 amide bonds. The zero-order valence-electron chi connectivity index (χ0n) is 12.3. The molecule has 0 radical (unpaired) electrons. The van der Waals surface area contributed by atoms with Crippen LogP contribution in [-0.2, 0) is 4.79 Å². The van der Waals surface area contributed by atoms with Gasteiger partial charge in [-0.3, -0.25) is 9.59 Å². The number of benzene rings is 1. The summed E-state index contributed by atoms with van der Waals surface area (Å²) < 4.78 is 0. The molecule has 1 aromatic rings. The fourth-order valence-corrected chi connectivity index (χ4v) is 2.72. The summed E-state index contributed by atoms with van der Waals surface area (Å²) >= 11 is 0. The molecule has 2 N–H and O–H groups in total. The van der Waals surface area contributed by atoms with Crippen molar-refractivity contribution in [3.8, 4) is 0 Å². The monoisotopic (exact) mass is 290 g/mol. The van der Waals surface area contributed by atoms with E-state index in [1.54, 1.807) is 36.1 Å². The van der Waals surface area contributed by atoms with E-state index in [1.165, 1.54) is 0 Å². The molecule has 0 aliphatic carbocycles. The molecule has 1 saturated heterocycles. The van der Waals surface area contributed by atoms with Crippen molar-refractivity contribution in [1.29, 1.82) is 0 Å². The van der Waals surface area contributed by atoms with Crippen molar-refractivity contribution < 1.29 is 14.7 Å². The Hall–Kier alpha value is -1.88. The molecule has 5 nitrogen and oxygen atoms in total. The Balaban J connectivity index is 1.90. The predicted molar refractivity (Wildman–Crippen MR) is 79.8 cm³/mol. The fourth-order valence-electron chi connectivity index (χ4n) is 2.72. The topological polar surface area (TPSA) is 69.6 Å². The Morgan fingerprint density at radius 3 is 2.71 bits per heavy atom. The van der Waals surface area contributed by atoms with Crippen LogP contribution < -0.4 is 5.32 Å². The van der Waals surface area contributed by atoms with Crippen LogP contribution in [0.25, 0.3) is 0 Å². The second-order valence-electron chi connectivity index (χ2n) is 5.44. The molecular weight excluding hydrogens is 268 g/mol. The van der Waals surface area contributed by atoms with Crippen molar-refractivity contribution in [2.45, 2.75) is 38.3 Å². The zero-order valence-corrected chi connectivity index (χ0v) is 12.3. The lowest BCUT2D eigenvalue weighted by Gasteiger charge is -2.37. The molecule has 5 heteroatoms. The van der Waals surface area contributed by atoms with Crippen molar-refractivity contribution in [2.75, 3.05) is 13.1 Å². The van der Waals surface area contributed by atoms with Gasteiger partial charge >= 0.3 is 0 Å². The Labute approximate surface area is 125 Å². The molecule has 2 rings (SSSR count). The normalized spacial score (nSPS) is 19.9. The molecule has 0 saturated carbocycles. The minimum absolute atomic E-state index is 0.0308. The maximum Gasteiger partial charge on any atom is 0.251 e. The second-order valence-corrected chi connectivity index (χ2v) is 5.44. The van der Waals surface area contributed by atoms with Crippen molar-refractivity contribution in [3.05, 3.63) is 35.9 Å². The third-order valence-corrected chi connectivity index (χ3v) is 3.86. The van der Waals surface area contributed by atoms with Gasteiger partial charge in [-0.05, 0) is 38.3 Å². The van der Waals surface area contributed by atoms with Crippen LogP contribution in [0, 0.1) is 0 Å². The average Bonchev–Trinajstić information content (AvgIpc) is 2.53. The van der Waals surface area contributed by atoms with Crippen molar-refractivity contribution in [2.24, 2.45) is 0 Å². The molecule has 0 spiro atoms. The lowest BCUT2D eigenvalue weighted by Crippen LogP contribution is -2.51. The van der Waals surface area contributed by atoms with Crippen LogP contribution in [-0.4, -0.2) is 47.1 Å². The lowest BCUT2D eigenvalue weighted by molar-refractivity contribution is -0.136. The molecule has 0 aromatic heterocycles. The van der Waals surface area contributed by atoms with Crippen LogP contribution >= 0.6 is 0 Å². The van der Waals surface area contributed by atoms with Gasteiger partial charge in [-0.15, -0.1) is 0 Å². The van der Waals surface area contributed by atoms with Crippen LogP contribution in [0.5, 0.6) is 0 Å². The average molecular weight is 290 g/mol. The van der Waals surface area contributed by atoms with Gasteiger partial charge in [-0.2, -0.15) is 0 Å². The zero-order chi connectivity index (χ0) is 15.2. The first-order valence-electron chi connectivity index (χ1n) is 7.40. The first kappa shape index (κ1) is 15.5. The number of aliphatic hydroxyl groups excluding tert-OH is 1. The minimum atomic E-state index is -0.543. The first-order chi connectivity index (χ1) is 10.1. The standard InChI is InChI=1S/C16H22N2O3/c1-12(19)14-9-5-6-10-18(14)15(20)11-17-16(21)13-7-3-2-4-8-13/h2-4,7-8,12,14,19H,5-6,9-11H2,1H3,(H,17,21)/t12-,14+/m0/s1. The quantitative estimate of drug-likeness (QED) is 0.875. The van der Waals surface area contributed by atoms with E-state index in [9.17, 15) is 14.7 Å². The van der Waals surface area contributed by atoms with E-state index in [0.29, 0.717) is 12.1 Å². The van der Waals surface area contributed by atoms with E-state index in [1.807, 2.05) is 6.07 Å². The Morgan fingerprint density at radius 2 is 2.05 bits per heavy atom. The molecule has 1 heterocycles. The number of nitrogens with one attached hydrogen (secondary N) is 1. The number of piperidine rings is 1. The Morgan fingerprint density at radius 1 is 1.33 bits per heavy atom. The number of hydrogen-bond donors (Lipinski definition) is 2. The predicted octanol–water partition coefficient (Wildman–Crippen LogP) is 1.18. The van der Waals surface area contributed by atoms with Gasteiger partial charge in [0.25, 0.3) is 5.91 Å². The Bertz CT molecular complexity index is 488. The fraction of sp³-hybridized carbons (Fsp3) is 0.500. The van der Waals surface area contributed by atoms with Crippen molar-refractivity contribution in [3.63, 3.8) is 0 Å². The number of aliphatic hydroxyl groups is 1. The molecule has 114 valence electrons. The summed E-state index contributed by atoms with van der Waals surface area (Å²) in [6.07, 6.45) is 2.24. The maximum absolute atomic E-state index is 12.2. The minimum Gasteiger partial charge on any atom is -0.391 e. The summed E-state index contributed by atoms with van der Waals surface area (Å²) in [7, 11) is 0. The molecule has 21 heavy (non-hydrogen) atoms. The number of amides is 2. The highest BCUT2D eigenvalue weighted by Crippen LogP contribution is 2.19. The smallest absolute Gasteiger partial charge is 0.251 e. The van der Waals surface area contributed by atoms with Crippen LogP contribution in [0.3, 0.4) is 0 Å². The largest absolute Gasteiger partial charge is 0.391 e. The summed E-state index contributed by atoms with van der Waals surface area (Å²) in [4.78, 5) is 25.9. The van der Waals surface area contributed by atoms with E-state index in [-0.39, 0.29) is 24.4 Å². The van der Waals surface area contributed by atoms with Crippen molar-refractivity contribution >= 4 is 11.8 Å². The Kier molecular flexibility index (Phi) is 5.33. The van der Waals surface area contributed by atoms with Gasteiger partial charge in [0.1, 0.15) is 0 Å². The van der Waals surface area contributed by atoms with Gasteiger partial charge in [0.15, 0.2) is 0 Å². The molecule has 1 aliphatic heterocycles. The van der Waals surface area contributed by atoms with Gasteiger partial charge in [0.2, 0.25) is 5.91 Å². The van der Waals surface area contributed by atoms with Gasteiger partial charge in [0, 0.05) is 12.1 Å². The second kappa shape index (κ2) is 7.22. The summed E-state index contributed by atoms with van der Waals surface area (Å²) in [6.45, 7) is 2.32. The SMILES string of the molecule is C[C@H](O)[C@H]1CCCCN1C(=O)CNC(=O)c1ccccc1. The van der Waals surface area contributed by atoms with E-state index >= 15 is 0 Å². The summed E-state index contributed by atoms with van der Waals surface area (Å²) in [5, 5.41) is 12.4. The number of hydrogen-bond acceptors (Lipinski definition) is 3. The van der Waals surface area contributed by atoms with E-state index < -0.39 is 6.10 Å². The molecule has 0 bridgehead atoms. The highest BCUT2D eigenvalue weighted by atomic mass is 16.3. The van der Waals surface area contributed by atoms with Gasteiger partial charge in [0.05, 0.1) is 18.7 Å². The van der Waals surface area contributed by atoms with Gasteiger partial charge in [-0.25, -0.2) is 0 Å².